The molecular formula is C21H17N5O9. The molecule has 2 aromatic heterocycles. The van der Waals surface area contributed by atoms with E-state index >= 15 is 0 Å². The molecule has 1 aromatic carbocycles. The minimum Gasteiger partial charge on any atom is -0.462 e. The average molecular weight is 483 g/mol. The highest BCUT2D eigenvalue weighted by atomic mass is 16.6. The summed E-state index contributed by atoms with van der Waals surface area (Å²) >= 11 is 0. The number of aryl methyl sites for hydroxylation is 1. The minimum atomic E-state index is -0.993. The number of ether oxygens (including phenoxy) is 2. The van der Waals surface area contributed by atoms with Crippen molar-refractivity contribution in [3.05, 3.63) is 56.6 Å². The van der Waals surface area contributed by atoms with E-state index in [9.17, 15) is 29.3 Å². The number of nitro benzene ring substituents is 1. The van der Waals surface area contributed by atoms with Crippen molar-refractivity contribution in [2.24, 2.45) is 0 Å². The number of amides is 2. The van der Waals surface area contributed by atoms with E-state index in [0.717, 1.165) is 6.07 Å². The van der Waals surface area contributed by atoms with Gasteiger partial charge in [-0.15, -0.1) is 0 Å². The number of nitro groups is 1. The number of nitrogens with two attached hydrogens (primary N) is 1. The molecule has 3 aromatic rings. The van der Waals surface area contributed by atoms with Crippen LogP contribution in [0, 0.1) is 17.0 Å². The SMILES string of the molecule is CCOC(=O)c1c(C)oc2nc(COC(=O)CN3C(=O)c4cccc([N+](=O)[O-])c4C3=O)nc(N)c12. The van der Waals surface area contributed by atoms with E-state index < -0.39 is 47.5 Å². The Kier molecular flexibility index (Phi) is 5.86. The van der Waals surface area contributed by atoms with Crippen LogP contribution in [0.25, 0.3) is 11.1 Å². The zero-order valence-electron chi connectivity index (χ0n) is 18.4. The van der Waals surface area contributed by atoms with Gasteiger partial charge < -0.3 is 19.6 Å². The number of carbonyl (C=O) groups excluding carboxylic acids is 4. The molecule has 14 heteroatoms. The van der Waals surface area contributed by atoms with Gasteiger partial charge in [0.05, 0.1) is 22.5 Å². The number of nitrogens with zero attached hydrogens (tertiary/aromatic N) is 4. The number of furan rings is 1. The molecular weight excluding hydrogens is 466 g/mol. The smallest absolute Gasteiger partial charge is 0.342 e. The molecule has 0 unspecified atom stereocenters. The maximum atomic E-state index is 12.6. The van der Waals surface area contributed by atoms with Crippen LogP contribution in [-0.4, -0.2) is 56.7 Å². The van der Waals surface area contributed by atoms with Crippen LogP contribution in [0.5, 0.6) is 0 Å². The van der Waals surface area contributed by atoms with Gasteiger partial charge in [-0.25, -0.2) is 9.78 Å². The van der Waals surface area contributed by atoms with Crippen molar-refractivity contribution < 1.29 is 38.0 Å². The van der Waals surface area contributed by atoms with Crippen LogP contribution in [0.3, 0.4) is 0 Å². The van der Waals surface area contributed by atoms with Crippen molar-refractivity contribution in [1.29, 1.82) is 0 Å². The fourth-order valence-electron chi connectivity index (χ4n) is 3.63. The van der Waals surface area contributed by atoms with E-state index in [4.69, 9.17) is 19.6 Å². The van der Waals surface area contributed by atoms with Crippen LogP contribution in [0.1, 0.15) is 49.6 Å². The first-order valence-corrected chi connectivity index (χ1v) is 10.2. The molecule has 0 bridgehead atoms. The summed E-state index contributed by atoms with van der Waals surface area (Å²) in [5, 5.41) is 11.3. The lowest BCUT2D eigenvalue weighted by Crippen LogP contribution is -2.35. The molecule has 1 aliphatic heterocycles. The normalized spacial score (nSPS) is 12.7. The number of hydrogen-bond acceptors (Lipinski definition) is 12. The zero-order chi connectivity index (χ0) is 25.4. The van der Waals surface area contributed by atoms with Gasteiger partial charge in [0.15, 0.2) is 12.4 Å². The Bertz CT molecular complexity index is 1430. The molecule has 3 heterocycles. The monoisotopic (exact) mass is 483 g/mol. The molecule has 0 spiro atoms. The lowest BCUT2D eigenvalue weighted by molar-refractivity contribution is -0.385. The largest absolute Gasteiger partial charge is 0.462 e. The van der Waals surface area contributed by atoms with E-state index in [2.05, 4.69) is 9.97 Å². The number of hydrogen-bond donors (Lipinski definition) is 1. The van der Waals surface area contributed by atoms with Gasteiger partial charge in [-0.05, 0) is 19.9 Å². The third kappa shape index (κ3) is 4.01. The average Bonchev–Trinajstić information content (AvgIpc) is 3.27. The van der Waals surface area contributed by atoms with Crippen molar-refractivity contribution in [2.75, 3.05) is 18.9 Å². The molecule has 180 valence electrons. The molecule has 4 rings (SSSR count). The van der Waals surface area contributed by atoms with Crippen molar-refractivity contribution in [3.63, 3.8) is 0 Å². The van der Waals surface area contributed by atoms with E-state index in [0.29, 0.717) is 4.90 Å². The van der Waals surface area contributed by atoms with Crippen molar-refractivity contribution in [2.45, 2.75) is 20.5 Å². The van der Waals surface area contributed by atoms with E-state index in [1.54, 1.807) is 6.92 Å². The molecule has 0 fully saturated rings. The van der Waals surface area contributed by atoms with Crippen molar-refractivity contribution in [3.8, 4) is 0 Å². The summed E-state index contributed by atoms with van der Waals surface area (Å²) in [5.41, 5.74) is 4.92. The number of anilines is 1. The molecule has 0 radical (unpaired) electrons. The van der Waals surface area contributed by atoms with Gasteiger partial charge >= 0.3 is 11.9 Å². The molecule has 35 heavy (non-hydrogen) atoms. The van der Waals surface area contributed by atoms with Crippen molar-refractivity contribution in [1.82, 2.24) is 14.9 Å². The van der Waals surface area contributed by atoms with Crippen LogP contribution in [0.4, 0.5) is 11.5 Å². The molecule has 1 aliphatic rings. The van der Waals surface area contributed by atoms with Gasteiger partial charge in [0.2, 0.25) is 5.71 Å². The Morgan fingerprint density at radius 1 is 1.20 bits per heavy atom. The Balaban J connectivity index is 1.48. The quantitative estimate of drug-likeness (QED) is 0.220. The first-order chi connectivity index (χ1) is 16.6. The van der Waals surface area contributed by atoms with E-state index in [1.165, 1.54) is 19.1 Å². The van der Waals surface area contributed by atoms with Crippen LogP contribution in [0.15, 0.2) is 22.6 Å². The number of imide groups is 1. The van der Waals surface area contributed by atoms with Gasteiger partial charge in [-0.1, -0.05) is 6.07 Å². The highest BCUT2D eigenvalue weighted by Crippen LogP contribution is 2.31. The van der Waals surface area contributed by atoms with Crippen LogP contribution < -0.4 is 5.73 Å². The first-order valence-electron chi connectivity index (χ1n) is 10.2. The first kappa shape index (κ1) is 23.3. The molecule has 2 N–H and O–H groups in total. The minimum absolute atomic E-state index is 0.0169. The number of aromatic nitrogens is 2. The van der Waals surface area contributed by atoms with E-state index in [-0.39, 0.29) is 51.8 Å². The molecule has 14 nitrogen and oxygen atoms in total. The maximum Gasteiger partial charge on any atom is 0.342 e. The summed E-state index contributed by atoms with van der Waals surface area (Å²) in [6, 6.07) is 3.62. The summed E-state index contributed by atoms with van der Waals surface area (Å²) in [5.74, 6) is -3.43. The highest BCUT2D eigenvalue weighted by Gasteiger charge is 2.42. The number of fused-ring (bicyclic) bond motifs is 2. The predicted molar refractivity (Wildman–Crippen MR) is 115 cm³/mol. The van der Waals surface area contributed by atoms with Gasteiger partial charge in [0.1, 0.15) is 29.2 Å². The van der Waals surface area contributed by atoms with Crippen LogP contribution >= 0.6 is 0 Å². The van der Waals surface area contributed by atoms with Gasteiger partial charge in [-0.2, -0.15) is 4.98 Å². The summed E-state index contributed by atoms with van der Waals surface area (Å²) in [6.07, 6.45) is 0. The molecule has 0 atom stereocenters. The van der Waals surface area contributed by atoms with E-state index in [1.807, 2.05) is 0 Å². The van der Waals surface area contributed by atoms with Crippen LogP contribution in [0.2, 0.25) is 0 Å². The van der Waals surface area contributed by atoms with Gasteiger partial charge in [0, 0.05) is 6.07 Å². The summed E-state index contributed by atoms with van der Waals surface area (Å²) < 4.78 is 15.5. The maximum absolute atomic E-state index is 12.6. The summed E-state index contributed by atoms with van der Waals surface area (Å²) in [7, 11) is 0. The zero-order valence-corrected chi connectivity index (χ0v) is 18.4. The lowest BCUT2D eigenvalue weighted by atomic mass is 10.1. The molecule has 2 amide bonds. The highest BCUT2D eigenvalue weighted by molar-refractivity contribution is 6.24. The fourth-order valence-corrected chi connectivity index (χ4v) is 3.63. The van der Waals surface area contributed by atoms with Crippen LogP contribution in [-0.2, 0) is 20.9 Å². The molecule has 0 saturated heterocycles. The Hall–Kier alpha value is -4.88. The number of carbonyl (C=O) groups is 4. The Labute approximate surface area is 195 Å². The predicted octanol–water partition coefficient (Wildman–Crippen LogP) is 1.54. The third-order valence-electron chi connectivity index (χ3n) is 5.10. The molecule has 0 saturated carbocycles. The number of rotatable bonds is 7. The second-order valence-electron chi connectivity index (χ2n) is 7.27. The van der Waals surface area contributed by atoms with Gasteiger partial charge in [0.25, 0.3) is 17.5 Å². The summed E-state index contributed by atoms with van der Waals surface area (Å²) in [4.78, 5) is 68.7. The Morgan fingerprint density at radius 2 is 1.94 bits per heavy atom. The third-order valence-corrected chi connectivity index (χ3v) is 5.10. The number of nitrogen functional groups attached to an aromatic ring is 1. The Morgan fingerprint density at radius 3 is 2.63 bits per heavy atom. The topological polar surface area (TPSA) is 198 Å². The second-order valence-corrected chi connectivity index (χ2v) is 7.27. The second kappa shape index (κ2) is 8.81. The standard InChI is InChI=1S/C21H17N5O9/c1-3-33-21(30)14-9(2)35-18-16(14)17(22)23-12(24-18)8-34-13(27)7-25-19(28)10-5-4-6-11(26(31)32)15(10)20(25)29/h4-6H,3,7-8H2,1-2H3,(H2,22,23,24). The van der Waals surface area contributed by atoms with Crippen molar-refractivity contribution >= 4 is 46.4 Å². The molecule has 0 aliphatic carbocycles. The lowest BCUT2D eigenvalue weighted by Gasteiger charge is -2.12. The number of benzene rings is 1. The summed E-state index contributed by atoms with van der Waals surface area (Å²) in [6.45, 7) is 2.04. The fraction of sp³-hybridized carbons (Fsp3) is 0.238. The van der Waals surface area contributed by atoms with Gasteiger partial charge in [-0.3, -0.25) is 29.4 Å². The number of esters is 2.